The Balaban J connectivity index is 1.94. The molecule has 0 saturated carbocycles. The molecular weight excluding hydrogens is 330 g/mol. The van der Waals surface area contributed by atoms with E-state index in [1.54, 1.807) is 5.57 Å². The highest BCUT2D eigenvalue weighted by Gasteiger charge is 2.15. The van der Waals surface area contributed by atoms with Gasteiger partial charge in [0.15, 0.2) is 0 Å². The standard InChI is InChI=1S/C17H24BrNS/c1-2-19-17(14-7-5-3-4-6-8-14)13-20-16-11-9-15(18)10-12-16/h7,9-12,17,19H,2-6,8,13H2,1H3. The maximum absolute atomic E-state index is 3.66. The van der Waals surface area contributed by atoms with Crippen molar-refractivity contribution >= 4 is 27.7 Å². The van der Waals surface area contributed by atoms with Gasteiger partial charge in [0.2, 0.25) is 0 Å². The van der Waals surface area contributed by atoms with Crippen LogP contribution in [0, 0.1) is 0 Å². The lowest BCUT2D eigenvalue weighted by Gasteiger charge is -2.21. The second-order valence-electron chi connectivity index (χ2n) is 5.25. The average Bonchev–Trinajstić information content (AvgIpc) is 2.74. The number of likely N-dealkylation sites (N-methyl/N-ethyl adjacent to an activating group) is 1. The summed E-state index contributed by atoms with van der Waals surface area (Å²) in [5.74, 6) is 1.13. The molecule has 0 aliphatic heterocycles. The molecule has 1 aliphatic carbocycles. The number of hydrogen-bond acceptors (Lipinski definition) is 2. The molecule has 0 radical (unpaired) electrons. The van der Waals surface area contributed by atoms with E-state index in [9.17, 15) is 0 Å². The minimum absolute atomic E-state index is 0.534. The summed E-state index contributed by atoms with van der Waals surface area (Å²) in [6.07, 6.45) is 9.14. The zero-order valence-corrected chi connectivity index (χ0v) is 14.6. The summed E-state index contributed by atoms with van der Waals surface area (Å²) in [5, 5.41) is 3.66. The summed E-state index contributed by atoms with van der Waals surface area (Å²) >= 11 is 5.44. The van der Waals surface area contributed by atoms with Gasteiger partial charge in [-0.25, -0.2) is 0 Å². The van der Waals surface area contributed by atoms with Gasteiger partial charge in [0.25, 0.3) is 0 Å². The zero-order valence-electron chi connectivity index (χ0n) is 12.2. The van der Waals surface area contributed by atoms with Crippen LogP contribution >= 0.6 is 27.7 Å². The largest absolute Gasteiger partial charge is 0.310 e. The molecule has 1 aliphatic rings. The maximum Gasteiger partial charge on any atom is 0.0374 e. The van der Waals surface area contributed by atoms with Crippen molar-refractivity contribution in [2.45, 2.75) is 50.0 Å². The lowest BCUT2D eigenvalue weighted by atomic mass is 10.0. The van der Waals surface area contributed by atoms with Crippen molar-refractivity contribution < 1.29 is 0 Å². The summed E-state index contributed by atoms with van der Waals surface area (Å²) < 4.78 is 1.15. The summed E-state index contributed by atoms with van der Waals surface area (Å²) in [4.78, 5) is 1.35. The fourth-order valence-corrected chi connectivity index (χ4v) is 3.89. The van der Waals surface area contributed by atoms with Gasteiger partial charge in [-0.3, -0.25) is 0 Å². The summed E-state index contributed by atoms with van der Waals surface area (Å²) in [6, 6.07) is 9.16. The Kier molecular flexibility index (Phi) is 7.18. The first-order chi connectivity index (χ1) is 9.79. The van der Waals surface area contributed by atoms with Crippen LogP contribution in [-0.4, -0.2) is 18.3 Å². The normalized spacial score (nSPS) is 17.4. The molecule has 1 unspecified atom stereocenters. The van der Waals surface area contributed by atoms with Crippen LogP contribution in [0.5, 0.6) is 0 Å². The van der Waals surface area contributed by atoms with Crippen LogP contribution in [0.25, 0.3) is 0 Å². The van der Waals surface area contributed by atoms with Gasteiger partial charge in [-0.2, -0.15) is 0 Å². The molecule has 0 aromatic heterocycles. The Morgan fingerprint density at radius 3 is 2.75 bits per heavy atom. The van der Waals surface area contributed by atoms with Crippen molar-refractivity contribution in [3.63, 3.8) is 0 Å². The molecular formula is C17H24BrNS. The van der Waals surface area contributed by atoms with Gasteiger partial charge in [-0.1, -0.05) is 40.9 Å². The molecule has 2 rings (SSSR count). The third kappa shape index (κ3) is 5.27. The smallest absolute Gasteiger partial charge is 0.0374 e. The zero-order chi connectivity index (χ0) is 14.2. The molecule has 20 heavy (non-hydrogen) atoms. The minimum Gasteiger partial charge on any atom is -0.310 e. The molecule has 1 atom stereocenters. The number of benzene rings is 1. The molecule has 0 amide bonds. The molecule has 0 saturated heterocycles. The van der Waals surface area contributed by atoms with Gasteiger partial charge in [-0.05, 0) is 56.5 Å². The number of allylic oxidation sites excluding steroid dienone is 1. The summed E-state index contributed by atoms with van der Waals surface area (Å²) in [5.41, 5.74) is 1.63. The van der Waals surface area contributed by atoms with Crippen LogP contribution in [0.3, 0.4) is 0 Å². The number of rotatable bonds is 6. The van der Waals surface area contributed by atoms with Crippen molar-refractivity contribution in [1.29, 1.82) is 0 Å². The van der Waals surface area contributed by atoms with E-state index < -0.39 is 0 Å². The van der Waals surface area contributed by atoms with Gasteiger partial charge < -0.3 is 5.32 Å². The van der Waals surface area contributed by atoms with E-state index in [-0.39, 0.29) is 0 Å². The molecule has 1 aromatic carbocycles. The van der Waals surface area contributed by atoms with Gasteiger partial charge in [-0.15, -0.1) is 11.8 Å². The first-order valence-corrected chi connectivity index (χ1v) is 9.38. The maximum atomic E-state index is 3.66. The molecule has 0 bridgehead atoms. The van der Waals surface area contributed by atoms with Crippen LogP contribution in [0.1, 0.15) is 39.0 Å². The molecule has 1 aromatic rings. The van der Waals surface area contributed by atoms with Gasteiger partial charge in [0.1, 0.15) is 0 Å². The second kappa shape index (κ2) is 8.91. The van der Waals surface area contributed by atoms with Crippen molar-refractivity contribution in [2.75, 3.05) is 12.3 Å². The van der Waals surface area contributed by atoms with E-state index in [4.69, 9.17) is 0 Å². The SMILES string of the molecule is CCNC(CSc1ccc(Br)cc1)C1=CCCCCC1. The highest BCUT2D eigenvalue weighted by molar-refractivity contribution is 9.10. The number of halogens is 1. The van der Waals surface area contributed by atoms with E-state index in [2.05, 4.69) is 58.5 Å². The van der Waals surface area contributed by atoms with Crippen LogP contribution < -0.4 is 5.32 Å². The second-order valence-corrected chi connectivity index (χ2v) is 7.26. The van der Waals surface area contributed by atoms with E-state index in [0.717, 1.165) is 16.8 Å². The Hall–Kier alpha value is -0.250. The lowest BCUT2D eigenvalue weighted by molar-refractivity contribution is 0.608. The van der Waals surface area contributed by atoms with Crippen molar-refractivity contribution in [3.8, 4) is 0 Å². The van der Waals surface area contributed by atoms with Crippen LogP contribution in [0.2, 0.25) is 0 Å². The van der Waals surface area contributed by atoms with E-state index in [1.165, 1.54) is 37.0 Å². The summed E-state index contributed by atoms with van der Waals surface area (Å²) in [6.45, 7) is 3.25. The monoisotopic (exact) mass is 353 g/mol. The first kappa shape index (κ1) is 16.1. The van der Waals surface area contributed by atoms with E-state index in [0.29, 0.717) is 6.04 Å². The molecule has 3 heteroatoms. The predicted molar refractivity (Wildman–Crippen MR) is 93.5 cm³/mol. The van der Waals surface area contributed by atoms with Crippen LogP contribution in [0.15, 0.2) is 45.3 Å². The number of thioether (sulfide) groups is 1. The van der Waals surface area contributed by atoms with E-state index in [1.807, 2.05) is 11.8 Å². The number of nitrogens with one attached hydrogen (secondary N) is 1. The highest BCUT2D eigenvalue weighted by atomic mass is 79.9. The molecule has 1 nitrogen and oxygen atoms in total. The van der Waals surface area contributed by atoms with Gasteiger partial charge in [0, 0.05) is 21.2 Å². The highest BCUT2D eigenvalue weighted by Crippen LogP contribution is 2.26. The third-order valence-electron chi connectivity index (χ3n) is 3.70. The van der Waals surface area contributed by atoms with Crippen molar-refractivity contribution in [1.82, 2.24) is 5.32 Å². The fourth-order valence-electron chi connectivity index (χ4n) is 2.61. The molecule has 0 heterocycles. The molecule has 110 valence electrons. The van der Waals surface area contributed by atoms with Gasteiger partial charge >= 0.3 is 0 Å². The van der Waals surface area contributed by atoms with Crippen LogP contribution in [0.4, 0.5) is 0 Å². The fraction of sp³-hybridized carbons (Fsp3) is 0.529. The minimum atomic E-state index is 0.534. The van der Waals surface area contributed by atoms with E-state index >= 15 is 0 Å². The topological polar surface area (TPSA) is 12.0 Å². The molecule has 1 N–H and O–H groups in total. The van der Waals surface area contributed by atoms with Crippen molar-refractivity contribution in [2.24, 2.45) is 0 Å². The summed E-state index contributed by atoms with van der Waals surface area (Å²) in [7, 11) is 0. The Labute approximate surface area is 135 Å². The average molecular weight is 354 g/mol. The lowest BCUT2D eigenvalue weighted by Crippen LogP contribution is -2.33. The van der Waals surface area contributed by atoms with Crippen molar-refractivity contribution in [3.05, 3.63) is 40.4 Å². The molecule has 0 fully saturated rings. The first-order valence-electron chi connectivity index (χ1n) is 7.60. The van der Waals surface area contributed by atoms with Gasteiger partial charge in [0.05, 0.1) is 0 Å². The Bertz CT molecular complexity index is 427. The quantitative estimate of drug-likeness (QED) is 0.541. The molecule has 0 spiro atoms. The predicted octanol–water partition coefficient (Wildman–Crippen LogP) is 5.41. The number of hydrogen-bond donors (Lipinski definition) is 1. The third-order valence-corrected chi connectivity index (χ3v) is 5.34. The Morgan fingerprint density at radius 1 is 1.20 bits per heavy atom. The van der Waals surface area contributed by atoms with Crippen LogP contribution in [-0.2, 0) is 0 Å². The Morgan fingerprint density at radius 2 is 2.00 bits per heavy atom.